The van der Waals surface area contributed by atoms with Gasteiger partial charge >= 0.3 is 6.09 Å². The Balaban J connectivity index is 2.35. The third kappa shape index (κ3) is 5.94. The highest BCUT2D eigenvalue weighted by atomic mass is 32.2. The van der Waals surface area contributed by atoms with Crippen LogP contribution < -0.4 is 10.0 Å². The number of hydrogen-bond donors (Lipinski definition) is 2. The fourth-order valence-electron chi connectivity index (χ4n) is 2.59. The second-order valence-corrected chi connectivity index (χ2v) is 9.82. The highest BCUT2D eigenvalue weighted by Gasteiger charge is 2.36. The first-order valence-corrected chi connectivity index (χ1v) is 10.5. The number of ether oxygens (including phenoxy) is 1. The number of carbonyl (C=O) groups excluding carboxylic acids is 1. The maximum absolute atomic E-state index is 14.0. The first-order valence-electron chi connectivity index (χ1n) is 9.06. The van der Waals surface area contributed by atoms with Crippen molar-refractivity contribution in [3.8, 4) is 0 Å². The van der Waals surface area contributed by atoms with Crippen LogP contribution in [0.15, 0.2) is 23.4 Å². The number of sulfonamides is 1. The van der Waals surface area contributed by atoms with E-state index in [4.69, 9.17) is 4.74 Å². The Morgan fingerprint density at radius 1 is 1.03 bits per heavy atom. The molecule has 2 aromatic rings. The highest BCUT2D eigenvalue weighted by Crippen LogP contribution is 2.26. The van der Waals surface area contributed by atoms with Gasteiger partial charge in [0.1, 0.15) is 5.60 Å². The highest BCUT2D eigenvalue weighted by molar-refractivity contribution is 7.89. The maximum Gasteiger partial charge on any atom is 0.408 e. The van der Waals surface area contributed by atoms with Crippen LogP contribution in [0.3, 0.4) is 0 Å². The van der Waals surface area contributed by atoms with Crippen molar-refractivity contribution in [2.24, 2.45) is 0 Å². The van der Waals surface area contributed by atoms with Crippen molar-refractivity contribution in [3.63, 3.8) is 0 Å². The van der Waals surface area contributed by atoms with Gasteiger partial charge < -0.3 is 10.1 Å². The minimum absolute atomic E-state index is 0.140. The Bertz CT molecular complexity index is 1070. The van der Waals surface area contributed by atoms with Gasteiger partial charge in [-0.05, 0) is 33.8 Å². The van der Waals surface area contributed by atoms with Gasteiger partial charge in [-0.15, -0.1) is 0 Å². The fraction of sp³-hybridized carbons (Fsp3) is 0.444. The molecule has 0 radical (unpaired) electrons. The minimum atomic E-state index is -5.23. The van der Waals surface area contributed by atoms with E-state index in [0.29, 0.717) is 0 Å². The van der Waals surface area contributed by atoms with E-state index in [1.807, 2.05) is 0 Å². The normalized spacial score (nSPS) is 14.2. The van der Waals surface area contributed by atoms with Crippen LogP contribution >= 0.6 is 0 Å². The van der Waals surface area contributed by atoms with Gasteiger partial charge in [0, 0.05) is 18.9 Å². The van der Waals surface area contributed by atoms with Gasteiger partial charge in [0.05, 0.1) is 12.1 Å². The molecule has 2 N–H and O–H groups in total. The zero-order valence-corrected chi connectivity index (χ0v) is 18.3. The summed E-state index contributed by atoms with van der Waals surface area (Å²) in [4.78, 5) is 10.2. The summed E-state index contributed by atoms with van der Waals surface area (Å²) in [5, 5.41) is 6.36. The minimum Gasteiger partial charge on any atom is -0.444 e. The quantitative estimate of drug-likeness (QED) is 0.358. The fourth-order valence-corrected chi connectivity index (χ4v) is 3.89. The Morgan fingerprint density at radius 2 is 1.56 bits per heavy atom. The summed E-state index contributed by atoms with van der Waals surface area (Å²) >= 11 is 0. The lowest BCUT2D eigenvalue weighted by Gasteiger charge is -2.32. The number of nitrogens with one attached hydrogen (secondary N) is 2. The molecular formula is C18H21F5N4O4S. The lowest BCUT2D eigenvalue weighted by molar-refractivity contribution is 0.0453. The van der Waals surface area contributed by atoms with Crippen molar-refractivity contribution >= 4 is 16.1 Å². The summed E-state index contributed by atoms with van der Waals surface area (Å²) in [6.07, 6.45) is 1.96. The Morgan fingerprint density at radius 3 is 2.03 bits per heavy atom. The van der Waals surface area contributed by atoms with Crippen molar-refractivity contribution in [1.82, 2.24) is 19.8 Å². The Kier molecular flexibility index (Phi) is 7.19. The number of alkyl carbamates (subject to hydrolysis) is 1. The number of benzene rings is 1. The number of aromatic nitrogens is 2. The van der Waals surface area contributed by atoms with Gasteiger partial charge in [-0.2, -0.15) is 5.10 Å². The summed E-state index contributed by atoms with van der Waals surface area (Å²) in [6.45, 7) is 5.27. The predicted octanol–water partition coefficient (Wildman–Crippen LogP) is 2.84. The van der Waals surface area contributed by atoms with Crippen LogP contribution in [0.5, 0.6) is 0 Å². The average Bonchev–Trinajstić information content (AvgIpc) is 3.14. The zero-order valence-electron chi connectivity index (χ0n) is 17.5. The molecule has 1 atom stereocenters. The van der Waals surface area contributed by atoms with Crippen molar-refractivity contribution in [1.29, 1.82) is 0 Å². The average molecular weight is 484 g/mol. The molecule has 178 valence electrons. The van der Waals surface area contributed by atoms with Crippen LogP contribution in [-0.4, -0.2) is 42.0 Å². The third-order valence-corrected chi connectivity index (χ3v) is 5.38. The molecule has 0 bridgehead atoms. The lowest BCUT2D eigenvalue weighted by atomic mass is 10.0. The summed E-state index contributed by atoms with van der Waals surface area (Å²) < 4.78 is 101. The van der Waals surface area contributed by atoms with Gasteiger partial charge in [0.25, 0.3) is 0 Å². The van der Waals surface area contributed by atoms with Crippen LogP contribution in [0.25, 0.3) is 0 Å². The molecule has 14 heteroatoms. The molecule has 0 spiro atoms. The van der Waals surface area contributed by atoms with E-state index in [2.05, 4.69) is 10.4 Å². The lowest BCUT2D eigenvalue weighted by Crippen LogP contribution is -2.57. The summed E-state index contributed by atoms with van der Waals surface area (Å²) in [6, 6.07) is 1.55. The molecule has 1 aromatic heterocycles. The number of rotatable bonds is 7. The number of carbonyl (C=O) groups is 1. The van der Waals surface area contributed by atoms with Crippen molar-refractivity contribution in [3.05, 3.63) is 47.5 Å². The molecule has 0 saturated heterocycles. The van der Waals surface area contributed by atoms with Gasteiger partial charge in [0.15, 0.2) is 28.2 Å². The van der Waals surface area contributed by atoms with E-state index >= 15 is 0 Å². The van der Waals surface area contributed by atoms with Crippen LogP contribution in [0.1, 0.15) is 27.7 Å². The second-order valence-electron chi connectivity index (χ2n) is 8.11. The van der Waals surface area contributed by atoms with E-state index < -0.39 is 67.8 Å². The Labute approximate surface area is 180 Å². The molecule has 0 saturated carbocycles. The van der Waals surface area contributed by atoms with Gasteiger partial charge in [-0.3, -0.25) is 4.68 Å². The number of nitrogens with zero attached hydrogens (tertiary/aromatic N) is 2. The Hall–Kier alpha value is -2.74. The zero-order chi connectivity index (χ0) is 24.5. The molecule has 1 heterocycles. The van der Waals surface area contributed by atoms with E-state index in [-0.39, 0.29) is 6.54 Å². The number of hydrogen-bond acceptors (Lipinski definition) is 5. The summed E-state index contributed by atoms with van der Waals surface area (Å²) in [7, 11) is -5.23. The van der Waals surface area contributed by atoms with Crippen LogP contribution in [0, 0.1) is 29.1 Å². The van der Waals surface area contributed by atoms with Crippen LogP contribution in [0.2, 0.25) is 0 Å². The van der Waals surface area contributed by atoms with Crippen molar-refractivity contribution in [2.75, 3.05) is 6.54 Å². The smallest absolute Gasteiger partial charge is 0.408 e. The van der Waals surface area contributed by atoms with Gasteiger partial charge in [-0.25, -0.2) is 39.9 Å². The summed E-state index contributed by atoms with van der Waals surface area (Å²) in [5.41, 5.74) is -2.39. The molecule has 1 unspecified atom stereocenters. The van der Waals surface area contributed by atoms with E-state index in [9.17, 15) is 35.2 Å². The first kappa shape index (κ1) is 25.5. The van der Waals surface area contributed by atoms with Gasteiger partial charge in [0.2, 0.25) is 15.8 Å². The molecule has 0 fully saturated rings. The second kappa shape index (κ2) is 9.02. The standard InChI is InChI=1S/C18H21F5N4O4S/c1-17(2,3)31-16(28)26-18(4,9-27-7-5-6-24-27)8-25-32(29,30)15-13(22)11(20)10(19)12(21)14(15)23/h5-7,25H,8-9H2,1-4H3,(H,26,28). The molecule has 1 amide bonds. The van der Waals surface area contributed by atoms with Crippen LogP contribution in [-0.2, 0) is 21.3 Å². The molecule has 8 nitrogen and oxygen atoms in total. The topological polar surface area (TPSA) is 102 Å². The molecular weight excluding hydrogens is 463 g/mol. The molecule has 2 rings (SSSR count). The van der Waals surface area contributed by atoms with E-state index in [0.717, 1.165) is 0 Å². The maximum atomic E-state index is 14.0. The molecule has 32 heavy (non-hydrogen) atoms. The number of amides is 1. The van der Waals surface area contributed by atoms with E-state index in [1.54, 1.807) is 31.6 Å². The molecule has 0 aliphatic heterocycles. The van der Waals surface area contributed by atoms with Crippen molar-refractivity contribution < 1.29 is 39.9 Å². The van der Waals surface area contributed by atoms with Gasteiger partial charge in [-0.1, -0.05) is 0 Å². The largest absolute Gasteiger partial charge is 0.444 e. The first-order chi connectivity index (χ1) is 14.6. The molecule has 0 aliphatic rings. The van der Waals surface area contributed by atoms with E-state index in [1.165, 1.54) is 24.0 Å². The summed E-state index contributed by atoms with van der Waals surface area (Å²) in [5.74, 6) is -12.3. The van der Waals surface area contributed by atoms with Crippen molar-refractivity contribution in [2.45, 2.75) is 50.3 Å². The van der Waals surface area contributed by atoms with Crippen LogP contribution in [0.4, 0.5) is 26.7 Å². The number of halogens is 5. The monoisotopic (exact) mass is 484 g/mol. The molecule has 1 aromatic carbocycles. The predicted molar refractivity (Wildman–Crippen MR) is 101 cm³/mol. The molecule has 0 aliphatic carbocycles. The third-order valence-electron chi connectivity index (χ3n) is 3.96. The SMILES string of the molecule is CC(CNS(=O)(=O)c1c(F)c(F)c(F)c(F)c1F)(Cn1cccn1)NC(=O)OC(C)(C)C.